The minimum atomic E-state index is -3.70. The van der Waals surface area contributed by atoms with E-state index in [-0.39, 0.29) is 23.9 Å². The van der Waals surface area contributed by atoms with Gasteiger partial charge in [0.1, 0.15) is 10.6 Å². The maximum atomic E-state index is 13.0. The van der Waals surface area contributed by atoms with Crippen LogP contribution in [0.15, 0.2) is 35.1 Å². The third kappa shape index (κ3) is 4.81. The van der Waals surface area contributed by atoms with Crippen LogP contribution >= 0.6 is 0 Å². The Morgan fingerprint density at radius 1 is 1.36 bits per heavy atom. The van der Waals surface area contributed by atoms with Crippen molar-refractivity contribution in [3.8, 4) is 5.75 Å². The highest BCUT2D eigenvalue weighted by molar-refractivity contribution is 7.92. The molecule has 0 spiro atoms. The van der Waals surface area contributed by atoms with Crippen LogP contribution in [-0.4, -0.2) is 47.9 Å². The van der Waals surface area contributed by atoms with Crippen LogP contribution in [0.2, 0.25) is 0 Å². The molecule has 1 saturated heterocycles. The van der Waals surface area contributed by atoms with Crippen LogP contribution in [0.4, 0.5) is 0 Å². The Labute approximate surface area is 149 Å². The van der Waals surface area contributed by atoms with Crippen molar-refractivity contribution in [3.05, 3.63) is 35.7 Å². The lowest BCUT2D eigenvalue weighted by Crippen LogP contribution is -2.43. The molecule has 0 aromatic heterocycles. The number of nitrogens with zero attached hydrogens (tertiary/aromatic N) is 1. The number of hydrogen-bond acceptors (Lipinski definition) is 5. The Bertz CT molecular complexity index is 834. The smallest absolute Gasteiger partial charge is 0.246 e. The van der Waals surface area contributed by atoms with Crippen LogP contribution in [0, 0.1) is 12.8 Å². The molecule has 1 aromatic carbocycles. The molecule has 1 aliphatic heterocycles. The van der Waals surface area contributed by atoms with E-state index in [9.17, 15) is 16.8 Å². The predicted octanol–water partition coefficient (Wildman–Crippen LogP) is 1.47. The van der Waals surface area contributed by atoms with Crippen molar-refractivity contribution < 1.29 is 21.6 Å². The fraction of sp³-hybridized carbons (Fsp3) is 0.500. The molecule has 9 heteroatoms. The average molecular weight is 389 g/mol. The van der Waals surface area contributed by atoms with E-state index >= 15 is 0 Å². The first-order chi connectivity index (χ1) is 11.7. The van der Waals surface area contributed by atoms with Crippen LogP contribution < -0.4 is 9.46 Å². The largest absolute Gasteiger partial charge is 0.495 e. The minimum absolute atomic E-state index is 0.0882. The summed E-state index contributed by atoms with van der Waals surface area (Å²) in [6.07, 6.45) is 1.44. The molecule has 0 saturated carbocycles. The van der Waals surface area contributed by atoms with E-state index in [4.69, 9.17) is 4.74 Å². The molecule has 0 radical (unpaired) electrons. The molecule has 0 bridgehead atoms. The third-order valence-electron chi connectivity index (χ3n) is 4.21. The molecule has 7 nitrogen and oxygen atoms in total. The number of hydrogen-bond donors (Lipinski definition) is 1. The van der Waals surface area contributed by atoms with Gasteiger partial charge in [-0.2, -0.15) is 4.31 Å². The lowest BCUT2D eigenvalue weighted by atomic mass is 10.0. The average Bonchev–Trinajstić information content (AvgIpc) is 2.60. The zero-order valence-electron chi connectivity index (χ0n) is 14.4. The molecule has 140 valence electrons. The highest BCUT2D eigenvalue weighted by Crippen LogP contribution is 2.30. The van der Waals surface area contributed by atoms with Gasteiger partial charge >= 0.3 is 0 Å². The van der Waals surface area contributed by atoms with Crippen LogP contribution in [-0.2, 0) is 20.0 Å². The third-order valence-corrected chi connectivity index (χ3v) is 7.12. The van der Waals surface area contributed by atoms with E-state index in [2.05, 4.69) is 11.3 Å². The molecule has 1 N–H and O–H groups in total. The zero-order chi connectivity index (χ0) is 18.7. The number of aryl methyl sites for hydroxylation is 1. The van der Waals surface area contributed by atoms with Crippen molar-refractivity contribution in [3.63, 3.8) is 0 Å². The monoisotopic (exact) mass is 388 g/mol. The summed E-state index contributed by atoms with van der Waals surface area (Å²) in [7, 11) is -5.78. The molecule has 1 heterocycles. The van der Waals surface area contributed by atoms with Gasteiger partial charge in [0, 0.05) is 25.0 Å². The molecule has 0 aliphatic carbocycles. The molecular weight excluding hydrogens is 364 g/mol. The number of nitrogens with one attached hydrogen (secondary N) is 1. The second-order valence-electron chi connectivity index (χ2n) is 6.09. The van der Waals surface area contributed by atoms with Crippen molar-refractivity contribution >= 4 is 20.0 Å². The van der Waals surface area contributed by atoms with Crippen molar-refractivity contribution in [2.24, 2.45) is 5.92 Å². The van der Waals surface area contributed by atoms with E-state index in [0.29, 0.717) is 18.7 Å². The van der Waals surface area contributed by atoms with Gasteiger partial charge in [0.15, 0.2) is 0 Å². The van der Waals surface area contributed by atoms with Gasteiger partial charge in [0.25, 0.3) is 0 Å². The Hall–Kier alpha value is -1.42. The highest BCUT2D eigenvalue weighted by atomic mass is 32.2. The summed E-state index contributed by atoms with van der Waals surface area (Å²) in [6.45, 7) is 5.96. The summed E-state index contributed by atoms with van der Waals surface area (Å²) in [4.78, 5) is 0.132. The van der Waals surface area contributed by atoms with Crippen molar-refractivity contribution in [1.29, 1.82) is 0 Å². The topological polar surface area (TPSA) is 92.8 Å². The molecule has 2 rings (SSSR count). The minimum Gasteiger partial charge on any atom is -0.495 e. The number of methoxy groups -OCH3 is 1. The Morgan fingerprint density at radius 2 is 2.08 bits per heavy atom. The van der Waals surface area contributed by atoms with Gasteiger partial charge in [-0.3, -0.25) is 0 Å². The summed E-state index contributed by atoms with van der Waals surface area (Å²) in [5.41, 5.74) is 0.908. The zero-order valence-corrected chi connectivity index (χ0v) is 16.1. The van der Waals surface area contributed by atoms with Gasteiger partial charge in [-0.1, -0.05) is 12.6 Å². The Morgan fingerprint density at radius 3 is 2.72 bits per heavy atom. The molecule has 1 aliphatic rings. The number of piperidine rings is 1. The van der Waals surface area contributed by atoms with Crippen LogP contribution in [0.3, 0.4) is 0 Å². The van der Waals surface area contributed by atoms with E-state index in [1.165, 1.54) is 11.4 Å². The maximum absolute atomic E-state index is 13.0. The van der Waals surface area contributed by atoms with Crippen molar-refractivity contribution in [2.45, 2.75) is 24.7 Å². The SMILES string of the molecule is C=CS(=O)(=O)NC[C@H]1CCCN(S(=O)(=O)c2ccc(C)cc2OC)C1. The first-order valence-corrected chi connectivity index (χ1v) is 10.9. The molecule has 1 atom stereocenters. The van der Waals surface area contributed by atoms with E-state index in [0.717, 1.165) is 17.4 Å². The number of sulfonamides is 2. The van der Waals surface area contributed by atoms with Gasteiger partial charge in [-0.05, 0) is 43.4 Å². The summed E-state index contributed by atoms with van der Waals surface area (Å²) in [5.74, 6) is 0.226. The first-order valence-electron chi connectivity index (χ1n) is 7.96. The lowest BCUT2D eigenvalue weighted by molar-refractivity contribution is 0.266. The quantitative estimate of drug-likeness (QED) is 0.763. The predicted molar refractivity (Wildman–Crippen MR) is 96.3 cm³/mol. The van der Waals surface area contributed by atoms with Gasteiger partial charge in [0.05, 0.1) is 7.11 Å². The molecule has 25 heavy (non-hydrogen) atoms. The highest BCUT2D eigenvalue weighted by Gasteiger charge is 2.32. The summed E-state index contributed by atoms with van der Waals surface area (Å²) >= 11 is 0. The number of ether oxygens (including phenoxy) is 1. The van der Waals surface area contributed by atoms with Gasteiger partial charge in [-0.15, -0.1) is 0 Å². The first kappa shape index (κ1) is 19.9. The fourth-order valence-electron chi connectivity index (χ4n) is 2.83. The summed E-state index contributed by atoms with van der Waals surface area (Å²) < 4.78 is 58.0. The van der Waals surface area contributed by atoms with Crippen LogP contribution in [0.1, 0.15) is 18.4 Å². The lowest BCUT2D eigenvalue weighted by Gasteiger charge is -2.32. The van der Waals surface area contributed by atoms with E-state index in [1.54, 1.807) is 18.2 Å². The summed E-state index contributed by atoms with van der Waals surface area (Å²) in [5, 5.41) is 0.849. The molecular formula is C16H24N2O5S2. The normalized spacial score (nSPS) is 19.5. The standard InChI is InChI=1S/C16H24N2O5S2/c1-4-24(19,20)17-11-14-6-5-9-18(12-14)25(21,22)16-8-7-13(2)10-15(16)23-3/h4,7-8,10,14,17H,1,5-6,9,11-12H2,2-3H3/t14-/m1/s1. The Balaban J connectivity index is 2.18. The van der Waals surface area contributed by atoms with Gasteiger partial charge in [0.2, 0.25) is 20.0 Å². The molecule has 1 aromatic rings. The molecule has 0 amide bonds. The number of rotatable bonds is 7. The fourth-order valence-corrected chi connectivity index (χ4v) is 5.11. The van der Waals surface area contributed by atoms with E-state index in [1.807, 2.05) is 6.92 Å². The van der Waals surface area contributed by atoms with Crippen LogP contribution in [0.25, 0.3) is 0 Å². The Kier molecular flexibility index (Phi) is 6.26. The number of benzene rings is 1. The second kappa shape index (κ2) is 7.86. The van der Waals surface area contributed by atoms with Crippen molar-refractivity contribution in [2.75, 3.05) is 26.7 Å². The van der Waals surface area contributed by atoms with Crippen LogP contribution in [0.5, 0.6) is 5.75 Å². The summed E-state index contributed by atoms with van der Waals surface area (Å²) in [6, 6.07) is 4.97. The van der Waals surface area contributed by atoms with Gasteiger partial charge in [-0.25, -0.2) is 21.6 Å². The van der Waals surface area contributed by atoms with Gasteiger partial charge < -0.3 is 4.74 Å². The molecule has 1 fully saturated rings. The van der Waals surface area contributed by atoms with E-state index < -0.39 is 20.0 Å². The maximum Gasteiger partial charge on any atom is 0.246 e. The molecule has 0 unspecified atom stereocenters. The second-order valence-corrected chi connectivity index (χ2v) is 9.70. The van der Waals surface area contributed by atoms with Crippen molar-refractivity contribution in [1.82, 2.24) is 9.03 Å².